The van der Waals surface area contributed by atoms with Crippen LogP contribution in [-0.4, -0.2) is 65.8 Å². The minimum atomic E-state index is -0.00318. The fourth-order valence-electron chi connectivity index (χ4n) is 3.02. The van der Waals surface area contributed by atoms with Crippen molar-refractivity contribution in [2.75, 3.05) is 40.3 Å². The van der Waals surface area contributed by atoms with E-state index in [-0.39, 0.29) is 5.91 Å². The summed E-state index contributed by atoms with van der Waals surface area (Å²) in [5.41, 5.74) is 3.46. The van der Waals surface area contributed by atoms with Gasteiger partial charge in [0, 0.05) is 38.8 Å². The molecule has 0 unspecified atom stereocenters. The van der Waals surface area contributed by atoms with Gasteiger partial charge in [-0.2, -0.15) is 5.10 Å². The molecule has 2 heterocycles. The van der Waals surface area contributed by atoms with Crippen molar-refractivity contribution >= 4 is 5.91 Å². The average molecular weight is 328 g/mol. The van der Waals surface area contributed by atoms with Gasteiger partial charge < -0.3 is 14.5 Å². The number of hydrogen-bond donors (Lipinski definition) is 0. The van der Waals surface area contributed by atoms with Crippen molar-refractivity contribution in [1.82, 2.24) is 19.6 Å². The van der Waals surface area contributed by atoms with Crippen LogP contribution < -0.4 is 4.74 Å². The molecular weight excluding hydrogens is 304 g/mol. The van der Waals surface area contributed by atoms with Gasteiger partial charge in [0.2, 0.25) is 0 Å². The molecule has 1 amide bonds. The molecule has 0 spiro atoms. The summed E-state index contributed by atoms with van der Waals surface area (Å²) in [5, 5.41) is 4.44. The number of aromatic nitrogens is 2. The minimum Gasteiger partial charge on any atom is -0.496 e. The molecule has 1 aromatic carbocycles. The second-order valence-corrected chi connectivity index (χ2v) is 6.34. The predicted octanol–water partition coefficient (Wildman–Crippen LogP) is 1.79. The Balaban J connectivity index is 1.91. The Bertz CT molecular complexity index is 745. The lowest BCUT2D eigenvalue weighted by molar-refractivity contribution is 0.0657. The summed E-state index contributed by atoms with van der Waals surface area (Å²) >= 11 is 0. The predicted molar refractivity (Wildman–Crippen MR) is 93.3 cm³/mol. The number of piperazine rings is 1. The molecule has 0 aliphatic carbocycles. The average Bonchev–Trinajstić information content (AvgIpc) is 2.96. The van der Waals surface area contributed by atoms with Gasteiger partial charge in [0.25, 0.3) is 5.91 Å². The molecule has 24 heavy (non-hydrogen) atoms. The fraction of sp³-hybridized carbons (Fsp3) is 0.444. The zero-order valence-corrected chi connectivity index (χ0v) is 14.7. The van der Waals surface area contributed by atoms with Crippen molar-refractivity contribution in [2.45, 2.75) is 6.92 Å². The van der Waals surface area contributed by atoms with E-state index in [2.05, 4.69) is 23.1 Å². The third-order valence-corrected chi connectivity index (χ3v) is 4.52. The first-order chi connectivity index (χ1) is 11.5. The Morgan fingerprint density at radius 3 is 2.50 bits per heavy atom. The van der Waals surface area contributed by atoms with Gasteiger partial charge in [-0.25, -0.2) is 0 Å². The van der Waals surface area contributed by atoms with E-state index >= 15 is 0 Å². The minimum absolute atomic E-state index is 0.00318. The number of methoxy groups -OCH3 is 1. The second-order valence-electron chi connectivity index (χ2n) is 6.34. The molecule has 0 saturated carbocycles. The van der Waals surface area contributed by atoms with Crippen molar-refractivity contribution in [1.29, 1.82) is 0 Å². The molecule has 0 atom stereocenters. The van der Waals surface area contributed by atoms with Crippen LogP contribution in [0.4, 0.5) is 0 Å². The van der Waals surface area contributed by atoms with Crippen molar-refractivity contribution in [3.63, 3.8) is 0 Å². The van der Waals surface area contributed by atoms with E-state index < -0.39 is 0 Å². The van der Waals surface area contributed by atoms with Crippen LogP contribution in [0.5, 0.6) is 5.75 Å². The van der Waals surface area contributed by atoms with Gasteiger partial charge in [-0.1, -0.05) is 11.6 Å². The SMILES string of the molecule is COc1ccc(C)cc1-c1cc(C(=O)N2CCN(C)CC2)nn1C. The van der Waals surface area contributed by atoms with Crippen LogP contribution in [0.2, 0.25) is 0 Å². The summed E-state index contributed by atoms with van der Waals surface area (Å²) < 4.78 is 7.22. The fourth-order valence-corrected chi connectivity index (χ4v) is 3.02. The molecule has 1 fully saturated rings. The summed E-state index contributed by atoms with van der Waals surface area (Å²) in [6.45, 7) is 5.33. The van der Waals surface area contributed by atoms with Crippen LogP contribution in [0.3, 0.4) is 0 Å². The first-order valence-electron chi connectivity index (χ1n) is 8.16. The summed E-state index contributed by atoms with van der Waals surface area (Å²) in [4.78, 5) is 16.8. The standard InChI is InChI=1S/C18H24N4O2/c1-13-5-6-17(24-4)14(11-13)16-12-15(19-21(16)3)18(23)22-9-7-20(2)8-10-22/h5-6,11-12H,7-10H2,1-4H3. The number of carbonyl (C=O) groups excluding carboxylic acids is 1. The third kappa shape index (κ3) is 3.14. The van der Waals surface area contributed by atoms with Crippen LogP contribution >= 0.6 is 0 Å². The molecule has 1 aliphatic rings. The number of aryl methyl sites for hydroxylation is 2. The highest BCUT2D eigenvalue weighted by Crippen LogP contribution is 2.31. The number of amides is 1. The van der Waals surface area contributed by atoms with Crippen molar-refractivity contribution in [2.24, 2.45) is 7.05 Å². The van der Waals surface area contributed by atoms with Crippen LogP contribution in [-0.2, 0) is 7.05 Å². The summed E-state index contributed by atoms with van der Waals surface area (Å²) in [7, 11) is 5.59. The Labute approximate surface area is 142 Å². The third-order valence-electron chi connectivity index (χ3n) is 4.52. The lowest BCUT2D eigenvalue weighted by Crippen LogP contribution is -2.47. The lowest BCUT2D eigenvalue weighted by Gasteiger charge is -2.31. The maximum absolute atomic E-state index is 12.7. The molecule has 6 nitrogen and oxygen atoms in total. The summed E-state index contributed by atoms with van der Waals surface area (Å²) in [5.74, 6) is 0.777. The van der Waals surface area contributed by atoms with Gasteiger partial charge in [-0.05, 0) is 32.2 Å². The number of benzene rings is 1. The zero-order valence-electron chi connectivity index (χ0n) is 14.7. The van der Waals surface area contributed by atoms with Crippen molar-refractivity contribution < 1.29 is 9.53 Å². The summed E-state index contributed by atoms with van der Waals surface area (Å²) in [6, 6.07) is 7.87. The highest BCUT2D eigenvalue weighted by Gasteiger charge is 2.24. The molecule has 6 heteroatoms. The van der Waals surface area contributed by atoms with Crippen LogP contribution in [0, 0.1) is 6.92 Å². The Kier molecular flexibility index (Phi) is 4.57. The number of hydrogen-bond acceptors (Lipinski definition) is 4. The number of likely N-dealkylation sites (N-methyl/N-ethyl adjacent to an activating group) is 1. The van der Waals surface area contributed by atoms with Crippen molar-refractivity contribution in [3.05, 3.63) is 35.5 Å². The highest BCUT2D eigenvalue weighted by molar-refractivity contribution is 5.93. The van der Waals surface area contributed by atoms with Gasteiger partial charge in [0.1, 0.15) is 5.75 Å². The molecule has 1 aromatic heterocycles. The largest absolute Gasteiger partial charge is 0.496 e. The van der Waals surface area contributed by atoms with E-state index in [1.165, 1.54) is 0 Å². The highest BCUT2D eigenvalue weighted by atomic mass is 16.5. The van der Waals surface area contributed by atoms with E-state index in [4.69, 9.17) is 4.74 Å². The van der Waals surface area contributed by atoms with Gasteiger partial charge in [0.05, 0.1) is 12.8 Å². The maximum Gasteiger partial charge on any atom is 0.274 e. The van der Waals surface area contributed by atoms with Gasteiger partial charge >= 0.3 is 0 Å². The maximum atomic E-state index is 12.7. The molecular formula is C18H24N4O2. The number of ether oxygens (including phenoxy) is 1. The van der Waals surface area contributed by atoms with Crippen LogP contribution in [0.25, 0.3) is 11.3 Å². The van der Waals surface area contributed by atoms with Gasteiger partial charge in [-0.15, -0.1) is 0 Å². The second kappa shape index (κ2) is 6.65. The van der Waals surface area contributed by atoms with E-state index in [1.54, 1.807) is 11.8 Å². The molecule has 2 aromatic rings. The first kappa shape index (κ1) is 16.5. The number of carbonyl (C=O) groups is 1. The van der Waals surface area contributed by atoms with E-state index in [0.717, 1.165) is 48.7 Å². The lowest BCUT2D eigenvalue weighted by atomic mass is 10.1. The topological polar surface area (TPSA) is 50.6 Å². The summed E-state index contributed by atoms with van der Waals surface area (Å²) in [6.07, 6.45) is 0. The molecule has 0 N–H and O–H groups in total. The molecule has 1 aliphatic heterocycles. The molecule has 1 saturated heterocycles. The van der Waals surface area contributed by atoms with Crippen molar-refractivity contribution in [3.8, 4) is 17.0 Å². The van der Waals surface area contributed by atoms with E-state index in [0.29, 0.717) is 5.69 Å². The van der Waals surface area contributed by atoms with Crippen LogP contribution in [0.15, 0.2) is 24.3 Å². The Hall–Kier alpha value is -2.34. The first-order valence-corrected chi connectivity index (χ1v) is 8.16. The van der Waals surface area contributed by atoms with E-state index in [1.807, 2.05) is 37.1 Å². The Morgan fingerprint density at radius 2 is 1.83 bits per heavy atom. The smallest absolute Gasteiger partial charge is 0.274 e. The zero-order chi connectivity index (χ0) is 17.3. The molecule has 128 valence electrons. The van der Waals surface area contributed by atoms with Gasteiger partial charge in [-0.3, -0.25) is 9.48 Å². The number of nitrogens with zero attached hydrogens (tertiary/aromatic N) is 4. The van der Waals surface area contributed by atoms with Gasteiger partial charge in [0.15, 0.2) is 5.69 Å². The monoisotopic (exact) mass is 328 g/mol. The normalized spacial score (nSPS) is 15.6. The quantitative estimate of drug-likeness (QED) is 0.862. The molecule has 3 rings (SSSR count). The molecule has 0 radical (unpaired) electrons. The van der Waals surface area contributed by atoms with Crippen LogP contribution in [0.1, 0.15) is 16.1 Å². The van der Waals surface area contributed by atoms with E-state index in [9.17, 15) is 4.79 Å². The molecule has 0 bridgehead atoms. The Morgan fingerprint density at radius 1 is 1.12 bits per heavy atom. The number of rotatable bonds is 3.